The van der Waals surface area contributed by atoms with Crippen molar-refractivity contribution < 1.29 is 36.5 Å². The highest BCUT2D eigenvalue weighted by Crippen LogP contribution is 2.38. The van der Waals surface area contributed by atoms with Crippen LogP contribution in [0.2, 0.25) is 0 Å². The van der Waals surface area contributed by atoms with Gasteiger partial charge in [0.25, 0.3) is 0 Å². The molecular weight excluding hydrogens is 439 g/mol. The zero-order chi connectivity index (χ0) is 22.9. The van der Waals surface area contributed by atoms with Crippen molar-refractivity contribution in [3.05, 3.63) is 36.5 Å². The summed E-state index contributed by atoms with van der Waals surface area (Å²) in [4.78, 5) is 0. The molecule has 2 N–H and O–H groups in total. The number of benzene rings is 1. The number of nitrogens with zero attached hydrogens (tertiary/aromatic N) is 3. The second-order valence-corrected chi connectivity index (χ2v) is 7.38. The standard InChI is InChI=1S/C20H19F5N4O3/c21-18(22)31-13-6-7-14(16(10-13)32-20(23,24)25)17-15-5-2-8-29(15)19(28-27-17)26-11-3-1-4-12(30)9-11/h2,5-8,10-12,18,30H,1,3-4,9H2,(H,26,28)/t11-,12+/m1/s1. The van der Waals surface area contributed by atoms with E-state index in [-0.39, 0.29) is 17.3 Å². The molecule has 1 aromatic carbocycles. The van der Waals surface area contributed by atoms with Gasteiger partial charge in [-0.05, 0) is 49.9 Å². The van der Waals surface area contributed by atoms with E-state index in [0.717, 1.165) is 37.5 Å². The van der Waals surface area contributed by atoms with Crippen molar-refractivity contribution in [2.45, 2.75) is 50.8 Å². The Balaban J connectivity index is 1.72. The first-order valence-electron chi connectivity index (χ1n) is 9.83. The first-order valence-corrected chi connectivity index (χ1v) is 9.83. The average molecular weight is 458 g/mol. The van der Waals surface area contributed by atoms with Crippen molar-refractivity contribution in [3.8, 4) is 22.8 Å². The zero-order valence-electron chi connectivity index (χ0n) is 16.5. The average Bonchev–Trinajstić information content (AvgIpc) is 3.18. The first-order chi connectivity index (χ1) is 15.2. The smallest absolute Gasteiger partial charge is 0.435 e. The number of nitrogens with one attached hydrogen (secondary N) is 1. The van der Waals surface area contributed by atoms with Crippen LogP contribution in [0.5, 0.6) is 11.5 Å². The molecule has 0 saturated heterocycles. The third kappa shape index (κ3) is 5.01. The molecule has 3 aromatic rings. The molecule has 172 valence electrons. The van der Waals surface area contributed by atoms with Crippen LogP contribution in [-0.4, -0.2) is 44.8 Å². The summed E-state index contributed by atoms with van der Waals surface area (Å²) in [6.07, 6.45) is -0.857. The number of aliphatic hydroxyl groups is 1. The Kier molecular flexibility index (Phi) is 6.04. The number of ether oxygens (including phenoxy) is 2. The van der Waals surface area contributed by atoms with Gasteiger partial charge in [0.2, 0.25) is 5.95 Å². The minimum atomic E-state index is -5.06. The van der Waals surface area contributed by atoms with Crippen LogP contribution in [0.15, 0.2) is 36.5 Å². The number of rotatable bonds is 6. The van der Waals surface area contributed by atoms with Gasteiger partial charge in [0.15, 0.2) is 0 Å². The van der Waals surface area contributed by atoms with E-state index < -0.39 is 30.6 Å². The summed E-state index contributed by atoms with van der Waals surface area (Å²) in [5.41, 5.74) is 0.389. The number of aliphatic hydroxyl groups excluding tert-OH is 1. The summed E-state index contributed by atoms with van der Waals surface area (Å²) in [7, 11) is 0. The minimum absolute atomic E-state index is 0.0283. The van der Waals surface area contributed by atoms with Gasteiger partial charge in [-0.15, -0.1) is 23.4 Å². The molecule has 32 heavy (non-hydrogen) atoms. The lowest BCUT2D eigenvalue weighted by Gasteiger charge is -2.27. The molecular formula is C20H19F5N4O3. The van der Waals surface area contributed by atoms with E-state index in [0.29, 0.717) is 17.9 Å². The van der Waals surface area contributed by atoms with Crippen LogP contribution in [0.4, 0.5) is 27.9 Å². The summed E-state index contributed by atoms with van der Waals surface area (Å²) in [5.74, 6) is -0.871. The van der Waals surface area contributed by atoms with Crippen LogP contribution in [0.25, 0.3) is 16.8 Å². The van der Waals surface area contributed by atoms with Crippen LogP contribution in [0, 0.1) is 0 Å². The van der Waals surface area contributed by atoms with Gasteiger partial charge >= 0.3 is 13.0 Å². The first kappa shape index (κ1) is 22.1. The second-order valence-electron chi connectivity index (χ2n) is 7.38. The molecule has 2 atom stereocenters. The van der Waals surface area contributed by atoms with Crippen molar-refractivity contribution in [3.63, 3.8) is 0 Å². The molecule has 1 aliphatic rings. The lowest BCUT2D eigenvalue weighted by molar-refractivity contribution is -0.274. The maximum Gasteiger partial charge on any atom is 0.573 e. The molecule has 12 heteroatoms. The van der Waals surface area contributed by atoms with Crippen molar-refractivity contribution in [1.29, 1.82) is 0 Å². The largest absolute Gasteiger partial charge is 0.573 e. The quantitative estimate of drug-likeness (QED) is 0.525. The normalized spacial score (nSPS) is 19.3. The minimum Gasteiger partial charge on any atom is -0.435 e. The topological polar surface area (TPSA) is 80.9 Å². The SMILES string of the molecule is O[C@H]1CCC[C@@H](Nc2nnc(-c3ccc(OC(F)F)cc3OC(F)(F)F)c3cccn23)C1. The van der Waals surface area contributed by atoms with Gasteiger partial charge in [0.1, 0.15) is 17.2 Å². The summed E-state index contributed by atoms with van der Waals surface area (Å²) in [5, 5.41) is 21.3. The Morgan fingerprint density at radius 1 is 1.16 bits per heavy atom. The summed E-state index contributed by atoms with van der Waals surface area (Å²) >= 11 is 0. The van der Waals surface area contributed by atoms with E-state index in [4.69, 9.17) is 0 Å². The zero-order valence-corrected chi connectivity index (χ0v) is 16.5. The van der Waals surface area contributed by atoms with Crippen molar-refractivity contribution >= 4 is 11.5 Å². The molecule has 0 aliphatic heterocycles. The molecule has 0 spiro atoms. The number of halogens is 5. The van der Waals surface area contributed by atoms with Gasteiger partial charge in [-0.3, -0.25) is 4.40 Å². The maximum atomic E-state index is 13.0. The molecule has 1 aliphatic carbocycles. The summed E-state index contributed by atoms with van der Waals surface area (Å²) in [6.45, 7) is -3.21. The number of hydrogen-bond acceptors (Lipinski definition) is 6. The van der Waals surface area contributed by atoms with Crippen LogP contribution >= 0.6 is 0 Å². The van der Waals surface area contributed by atoms with Crippen LogP contribution in [-0.2, 0) is 0 Å². The van der Waals surface area contributed by atoms with Crippen molar-refractivity contribution in [2.75, 3.05) is 5.32 Å². The number of alkyl halides is 5. The molecule has 2 aromatic heterocycles. The van der Waals surface area contributed by atoms with Gasteiger partial charge in [0, 0.05) is 23.9 Å². The molecule has 0 radical (unpaired) electrons. The monoisotopic (exact) mass is 458 g/mol. The Labute approximate surface area is 178 Å². The highest BCUT2D eigenvalue weighted by molar-refractivity contribution is 5.81. The van der Waals surface area contributed by atoms with E-state index >= 15 is 0 Å². The number of hydrogen-bond donors (Lipinski definition) is 2. The second kappa shape index (κ2) is 8.77. The molecule has 4 rings (SSSR count). The third-order valence-corrected chi connectivity index (χ3v) is 5.10. The highest BCUT2D eigenvalue weighted by Gasteiger charge is 2.33. The van der Waals surface area contributed by atoms with Gasteiger partial charge in [-0.2, -0.15) is 8.78 Å². The molecule has 1 saturated carbocycles. The predicted octanol–water partition coefficient (Wildman–Crippen LogP) is 4.61. The number of fused-ring (bicyclic) bond motifs is 1. The van der Waals surface area contributed by atoms with E-state index in [1.807, 2.05) is 0 Å². The summed E-state index contributed by atoms with van der Waals surface area (Å²) in [6, 6.07) is 6.25. The van der Waals surface area contributed by atoms with Crippen LogP contribution < -0.4 is 14.8 Å². The van der Waals surface area contributed by atoms with Gasteiger partial charge in [0.05, 0.1) is 11.6 Å². The fourth-order valence-corrected chi connectivity index (χ4v) is 3.81. The molecule has 0 unspecified atom stereocenters. The lowest BCUT2D eigenvalue weighted by Crippen LogP contribution is -2.31. The van der Waals surface area contributed by atoms with E-state index in [1.54, 1.807) is 22.7 Å². The third-order valence-electron chi connectivity index (χ3n) is 5.10. The predicted molar refractivity (Wildman–Crippen MR) is 104 cm³/mol. The number of aromatic nitrogens is 3. The van der Waals surface area contributed by atoms with Gasteiger partial charge in [-0.25, -0.2) is 0 Å². The number of anilines is 1. The lowest BCUT2D eigenvalue weighted by atomic mass is 9.93. The fourth-order valence-electron chi connectivity index (χ4n) is 3.81. The molecule has 1 fully saturated rings. The Bertz CT molecular complexity index is 1090. The van der Waals surface area contributed by atoms with E-state index in [1.165, 1.54) is 0 Å². The molecule has 0 bridgehead atoms. The summed E-state index contributed by atoms with van der Waals surface area (Å²) < 4.78 is 73.8. The molecule has 2 heterocycles. The molecule has 0 amide bonds. The molecule has 7 nitrogen and oxygen atoms in total. The van der Waals surface area contributed by atoms with E-state index in [9.17, 15) is 27.1 Å². The highest BCUT2D eigenvalue weighted by atomic mass is 19.4. The Morgan fingerprint density at radius 3 is 2.69 bits per heavy atom. The van der Waals surface area contributed by atoms with Crippen LogP contribution in [0.3, 0.4) is 0 Å². The maximum absolute atomic E-state index is 13.0. The van der Waals surface area contributed by atoms with Crippen molar-refractivity contribution in [2.24, 2.45) is 0 Å². The van der Waals surface area contributed by atoms with Crippen LogP contribution in [0.1, 0.15) is 25.7 Å². The Hall–Kier alpha value is -3.15. The Morgan fingerprint density at radius 2 is 1.97 bits per heavy atom. The van der Waals surface area contributed by atoms with Gasteiger partial charge in [-0.1, -0.05) is 0 Å². The fraction of sp³-hybridized carbons (Fsp3) is 0.400. The van der Waals surface area contributed by atoms with Crippen molar-refractivity contribution in [1.82, 2.24) is 14.6 Å². The van der Waals surface area contributed by atoms with Gasteiger partial charge < -0.3 is 19.9 Å². The van der Waals surface area contributed by atoms with E-state index in [2.05, 4.69) is 25.0 Å².